The number of nitrogens with zero attached hydrogens (tertiary/aromatic N) is 2. The van der Waals surface area contributed by atoms with Gasteiger partial charge in [0, 0.05) is 23.3 Å². The van der Waals surface area contributed by atoms with Gasteiger partial charge in [-0.3, -0.25) is 0 Å². The van der Waals surface area contributed by atoms with E-state index in [4.69, 9.17) is 0 Å². The maximum absolute atomic E-state index is 13.0. The SMILES string of the molecule is CNc1nc(C)cc(Nc2ccc(F)cc2Br)n1. The van der Waals surface area contributed by atoms with Gasteiger partial charge in [0.25, 0.3) is 0 Å². The standard InChI is InChI=1S/C12H12BrFN4/c1-7-5-11(18-12(15-2)16-7)17-10-4-3-8(14)6-9(10)13/h3-6H,1-2H3,(H2,15,16,17,18). The highest BCUT2D eigenvalue weighted by molar-refractivity contribution is 9.10. The van der Waals surface area contributed by atoms with E-state index in [9.17, 15) is 4.39 Å². The fraction of sp³-hybridized carbons (Fsp3) is 0.167. The van der Waals surface area contributed by atoms with Crippen LogP contribution in [0.1, 0.15) is 5.69 Å². The summed E-state index contributed by atoms with van der Waals surface area (Å²) >= 11 is 3.30. The number of halogens is 2. The van der Waals surface area contributed by atoms with Gasteiger partial charge in [0.15, 0.2) is 0 Å². The Labute approximate surface area is 113 Å². The molecular formula is C12H12BrFN4. The summed E-state index contributed by atoms with van der Waals surface area (Å²) in [6.45, 7) is 1.88. The molecule has 0 radical (unpaired) electrons. The average molecular weight is 311 g/mol. The van der Waals surface area contributed by atoms with E-state index in [0.717, 1.165) is 11.4 Å². The van der Waals surface area contributed by atoms with E-state index in [0.29, 0.717) is 16.2 Å². The van der Waals surface area contributed by atoms with Crippen LogP contribution in [0.5, 0.6) is 0 Å². The summed E-state index contributed by atoms with van der Waals surface area (Å²) in [7, 11) is 1.76. The Hall–Kier alpha value is -1.69. The molecule has 1 aromatic carbocycles. The second kappa shape index (κ2) is 5.30. The first-order valence-electron chi connectivity index (χ1n) is 5.34. The summed E-state index contributed by atoms with van der Waals surface area (Å²) in [6, 6.07) is 6.25. The van der Waals surface area contributed by atoms with Crippen LogP contribution in [0, 0.1) is 12.7 Å². The highest BCUT2D eigenvalue weighted by Gasteiger charge is 2.05. The number of hydrogen-bond acceptors (Lipinski definition) is 4. The molecule has 0 atom stereocenters. The van der Waals surface area contributed by atoms with Crippen LogP contribution in [-0.4, -0.2) is 17.0 Å². The number of hydrogen-bond donors (Lipinski definition) is 2. The van der Waals surface area contributed by atoms with E-state index >= 15 is 0 Å². The molecule has 4 nitrogen and oxygen atoms in total. The minimum Gasteiger partial charge on any atom is -0.357 e. The molecule has 0 bridgehead atoms. The van der Waals surface area contributed by atoms with Gasteiger partial charge in [0.2, 0.25) is 5.95 Å². The molecule has 94 valence electrons. The van der Waals surface area contributed by atoms with Crippen molar-refractivity contribution >= 4 is 33.4 Å². The largest absolute Gasteiger partial charge is 0.357 e. The number of rotatable bonds is 3. The van der Waals surface area contributed by atoms with Gasteiger partial charge in [-0.05, 0) is 41.1 Å². The van der Waals surface area contributed by atoms with E-state index in [1.54, 1.807) is 13.1 Å². The van der Waals surface area contributed by atoms with Crippen LogP contribution in [0.15, 0.2) is 28.7 Å². The lowest BCUT2D eigenvalue weighted by Crippen LogP contribution is -2.02. The molecule has 0 saturated carbocycles. The van der Waals surface area contributed by atoms with Crippen LogP contribution in [0.3, 0.4) is 0 Å². The lowest BCUT2D eigenvalue weighted by atomic mass is 10.3. The zero-order chi connectivity index (χ0) is 13.1. The summed E-state index contributed by atoms with van der Waals surface area (Å²) < 4.78 is 13.6. The first-order chi connectivity index (χ1) is 8.58. The Kier molecular flexibility index (Phi) is 3.76. The molecule has 2 N–H and O–H groups in total. The highest BCUT2D eigenvalue weighted by atomic mass is 79.9. The van der Waals surface area contributed by atoms with E-state index in [-0.39, 0.29) is 5.82 Å². The predicted molar refractivity (Wildman–Crippen MR) is 73.7 cm³/mol. The van der Waals surface area contributed by atoms with Crippen LogP contribution in [0.25, 0.3) is 0 Å². The molecule has 1 heterocycles. The van der Waals surface area contributed by atoms with Gasteiger partial charge in [-0.1, -0.05) is 0 Å². The normalized spacial score (nSPS) is 10.2. The second-order valence-electron chi connectivity index (χ2n) is 3.72. The molecule has 18 heavy (non-hydrogen) atoms. The smallest absolute Gasteiger partial charge is 0.224 e. The first kappa shape index (κ1) is 12.8. The van der Waals surface area contributed by atoms with Crippen molar-refractivity contribution in [1.29, 1.82) is 0 Å². The number of aryl methyl sites for hydroxylation is 1. The zero-order valence-electron chi connectivity index (χ0n) is 9.96. The summed E-state index contributed by atoms with van der Waals surface area (Å²) in [5, 5.41) is 5.99. The van der Waals surface area contributed by atoms with Crippen molar-refractivity contribution in [2.75, 3.05) is 17.7 Å². The number of nitrogens with one attached hydrogen (secondary N) is 2. The third-order valence-electron chi connectivity index (χ3n) is 2.27. The van der Waals surface area contributed by atoms with Crippen LogP contribution < -0.4 is 10.6 Å². The van der Waals surface area contributed by atoms with E-state index < -0.39 is 0 Å². The average Bonchev–Trinajstić information content (AvgIpc) is 2.32. The van der Waals surface area contributed by atoms with Crippen molar-refractivity contribution in [2.45, 2.75) is 6.92 Å². The highest BCUT2D eigenvalue weighted by Crippen LogP contribution is 2.26. The molecule has 0 saturated heterocycles. The summed E-state index contributed by atoms with van der Waals surface area (Å²) in [4.78, 5) is 8.46. The molecule has 2 rings (SSSR count). The molecular weight excluding hydrogens is 299 g/mol. The molecule has 0 spiro atoms. The van der Waals surface area contributed by atoms with Crippen LogP contribution in [-0.2, 0) is 0 Å². The van der Waals surface area contributed by atoms with Crippen LogP contribution >= 0.6 is 15.9 Å². The minimum atomic E-state index is -0.290. The molecule has 6 heteroatoms. The molecule has 0 aliphatic rings. The topological polar surface area (TPSA) is 49.8 Å². The Morgan fingerprint density at radius 2 is 2.00 bits per heavy atom. The van der Waals surface area contributed by atoms with E-state index in [1.807, 2.05) is 13.0 Å². The quantitative estimate of drug-likeness (QED) is 0.911. The lowest BCUT2D eigenvalue weighted by Gasteiger charge is -2.09. The lowest BCUT2D eigenvalue weighted by molar-refractivity contribution is 0.627. The van der Waals surface area contributed by atoms with Crippen LogP contribution in [0.2, 0.25) is 0 Å². The molecule has 0 unspecified atom stereocenters. The van der Waals surface area contributed by atoms with Gasteiger partial charge in [-0.2, -0.15) is 4.98 Å². The molecule has 2 aromatic rings. The van der Waals surface area contributed by atoms with Crippen molar-refractivity contribution in [3.8, 4) is 0 Å². The fourth-order valence-electron chi connectivity index (χ4n) is 1.47. The monoisotopic (exact) mass is 310 g/mol. The number of aromatic nitrogens is 2. The van der Waals surface area contributed by atoms with Crippen LogP contribution in [0.4, 0.5) is 21.8 Å². The molecule has 1 aromatic heterocycles. The van der Waals surface area contributed by atoms with Gasteiger partial charge in [0.05, 0.1) is 5.69 Å². The van der Waals surface area contributed by atoms with Crippen molar-refractivity contribution in [3.63, 3.8) is 0 Å². The van der Waals surface area contributed by atoms with Gasteiger partial charge in [-0.25, -0.2) is 9.37 Å². The Morgan fingerprint density at radius 3 is 2.67 bits per heavy atom. The summed E-state index contributed by atoms with van der Waals surface area (Å²) in [5.41, 5.74) is 1.59. The van der Waals surface area contributed by atoms with Gasteiger partial charge >= 0.3 is 0 Å². The Bertz CT molecular complexity index is 574. The van der Waals surface area contributed by atoms with Crippen molar-refractivity contribution in [2.24, 2.45) is 0 Å². The molecule has 0 amide bonds. The maximum Gasteiger partial charge on any atom is 0.224 e. The number of anilines is 3. The van der Waals surface area contributed by atoms with Gasteiger partial charge in [0.1, 0.15) is 11.6 Å². The van der Waals surface area contributed by atoms with Gasteiger partial charge < -0.3 is 10.6 Å². The second-order valence-corrected chi connectivity index (χ2v) is 4.57. The fourth-order valence-corrected chi connectivity index (χ4v) is 1.92. The number of benzene rings is 1. The van der Waals surface area contributed by atoms with Gasteiger partial charge in [-0.15, -0.1) is 0 Å². The third-order valence-corrected chi connectivity index (χ3v) is 2.93. The molecule has 0 aliphatic heterocycles. The predicted octanol–water partition coefficient (Wildman–Crippen LogP) is 3.47. The Morgan fingerprint density at radius 1 is 1.22 bits per heavy atom. The molecule has 0 fully saturated rings. The Balaban J connectivity index is 2.30. The van der Waals surface area contributed by atoms with Crippen molar-refractivity contribution < 1.29 is 4.39 Å². The van der Waals surface area contributed by atoms with E-state index in [2.05, 4.69) is 36.5 Å². The summed E-state index contributed by atoms with van der Waals surface area (Å²) in [6.07, 6.45) is 0. The van der Waals surface area contributed by atoms with Crippen molar-refractivity contribution in [1.82, 2.24) is 9.97 Å². The summed E-state index contributed by atoms with van der Waals surface area (Å²) in [5.74, 6) is 0.900. The molecule has 0 aliphatic carbocycles. The minimum absolute atomic E-state index is 0.290. The zero-order valence-corrected chi connectivity index (χ0v) is 11.5. The maximum atomic E-state index is 13.0. The first-order valence-corrected chi connectivity index (χ1v) is 6.13. The van der Waals surface area contributed by atoms with E-state index in [1.165, 1.54) is 12.1 Å². The third kappa shape index (κ3) is 2.95. The van der Waals surface area contributed by atoms with Crippen molar-refractivity contribution in [3.05, 3.63) is 40.2 Å².